The van der Waals surface area contributed by atoms with Crippen LogP contribution in [0.3, 0.4) is 0 Å². The zero-order valence-electron chi connectivity index (χ0n) is 10.3. The van der Waals surface area contributed by atoms with Crippen LogP contribution in [0.5, 0.6) is 0 Å². The van der Waals surface area contributed by atoms with Gasteiger partial charge in [-0.15, -0.1) is 11.3 Å². The van der Waals surface area contributed by atoms with Crippen LogP contribution in [0.25, 0.3) is 0 Å². The first-order valence-corrected chi connectivity index (χ1v) is 6.85. The number of rotatable bonds is 4. The van der Waals surface area contributed by atoms with E-state index in [0.717, 1.165) is 11.4 Å². The molecule has 2 amide bonds. The van der Waals surface area contributed by atoms with Crippen molar-refractivity contribution >= 4 is 23.2 Å². The lowest BCUT2D eigenvalue weighted by Crippen LogP contribution is -2.54. The van der Waals surface area contributed by atoms with Crippen LogP contribution in [0.2, 0.25) is 0 Å². The van der Waals surface area contributed by atoms with E-state index in [1.165, 1.54) is 0 Å². The molecule has 0 aliphatic carbocycles. The fraction of sp³-hybridized carbons (Fsp3) is 0.500. The molecule has 1 aromatic rings. The van der Waals surface area contributed by atoms with Gasteiger partial charge in [0, 0.05) is 18.0 Å². The minimum Gasteiger partial charge on any atom is -0.354 e. The van der Waals surface area contributed by atoms with Gasteiger partial charge in [0.25, 0.3) is 0 Å². The van der Waals surface area contributed by atoms with Crippen molar-refractivity contribution in [3.05, 3.63) is 22.4 Å². The standard InChI is InChI=1S/C12H17N3O2S/c1-9(15-5-4-13-11(16)8-15)12(17)14-7-10-3-2-6-18-10/h2-3,6,9H,4-5,7-8H2,1H3,(H,13,16)(H,14,17). The van der Waals surface area contributed by atoms with Crippen LogP contribution < -0.4 is 10.6 Å². The van der Waals surface area contributed by atoms with Crippen molar-refractivity contribution in [3.8, 4) is 0 Å². The maximum atomic E-state index is 12.0. The average molecular weight is 267 g/mol. The lowest BCUT2D eigenvalue weighted by Gasteiger charge is -2.31. The summed E-state index contributed by atoms with van der Waals surface area (Å²) in [7, 11) is 0. The minimum atomic E-state index is -0.268. The summed E-state index contributed by atoms with van der Waals surface area (Å²) in [5.74, 6) is -0.0442. The third-order valence-corrected chi connectivity index (χ3v) is 3.89. The Morgan fingerprint density at radius 3 is 3.17 bits per heavy atom. The number of carbonyl (C=O) groups is 2. The summed E-state index contributed by atoms with van der Waals surface area (Å²) in [6.45, 7) is 4.03. The monoisotopic (exact) mass is 267 g/mol. The summed E-state index contributed by atoms with van der Waals surface area (Å²) in [5, 5.41) is 7.63. The summed E-state index contributed by atoms with van der Waals surface area (Å²) in [4.78, 5) is 26.2. The van der Waals surface area contributed by atoms with Crippen LogP contribution in [0.15, 0.2) is 17.5 Å². The summed E-state index contributed by atoms with van der Waals surface area (Å²) < 4.78 is 0. The molecule has 1 aliphatic heterocycles. The van der Waals surface area contributed by atoms with Crippen LogP contribution in [0.4, 0.5) is 0 Å². The molecular weight excluding hydrogens is 250 g/mol. The summed E-state index contributed by atoms with van der Waals surface area (Å²) in [6.07, 6.45) is 0. The number of nitrogens with zero attached hydrogens (tertiary/aromatic N) is 1. The van der Waals surface area contributed by atoms with Crippen molar-refractivity contribution in [1.82, 2.24) is 15.5 Å². The molecule has 0 saturated carbocycles. The van der Waals surface area contributed by atoms with Gasteiger partial charge >= 0.3 is 0 Å². The Morgan fingerprint density at radius 1 is 1.67 bits per heavy atom. The summed E-state index contributed by atoms with van der Waals surface area (Å²) in [5.41, 5.74) is 0. The van der Waals surface area contributed by atoms with Crippen LogP contribution in [-0.4, -0.2) is 42.4 Å². The van der Waals surface area contributed by atoms with Crippen molar-refractivity contribution in [2.45, 2.75) is 19.5 Å². The lowest BCUT2D eigenvalue weighted by atomic mass is 10.2. The number of hydrogen-bond donors (Lipinski definition) is 2. The third kappa shape index (κ3) is 3.30. The van der Waals surface area contributed by atoms with Gasteiger partial charge in [0.1, 0.15) is 0 Å². The Balaban J connectivity index is 1.82. The molecule has 1 saturated heterocycles. The largest absolute Gasteiger partial charge is 0.354 e. The highest BCUT2D eigenvalue weighted by Gasteiger charge is 2.25. The Morgan fingerprint density at radius 2 is 2.50 bits per heavy atom. The SMILES string of the molecule is CC(C(=O)NCc1cccs1)N1CCNC(=O)C1. The molecule has 2 heterocycles. The summed E-state index contributed by atoms with van der Waals surface area (Å²) in [6, 6.07) is 3.69. The maximum Gasteiger partial charge on any atom is 0.237 e. The fourth-order valence-corrected chi connectivity index (χ4v) is 2.53. The smallest absolute Gasteiger partial charge is 0.237 e. The number of thiophene rings is 1. The number of piperazine rings is 1. The molecular formula is C12H17N3O2S. The first-order valence-electron chi connectivity index (χ1n) is 5.97. The van der Waals surface area contributed by atoms with Gasteiger partial charge in [-0.2, -0.15) is 0 Å². The van der Waals surface area contributed by atoms with E-state index in [1.54, 1.807) is 11.3 Å². The Labute approximate surface area is 110 Å². The second-order valence-electron chi connectivity index (χ2n) is 4.29. The van der Waals surface area contributed by atoms with E-state index in [0.29, 0.717) is 19.6 Å². The number of amides is 2. The van der Waals surface area contributed by atoms with Crippen LogP contribution in [0.1, 0.15) is 11.8 Å². The number of carbonyl (C=O) groups excluding carboxylic acids is 2. The topological polar surface area (TPSA) is 61.4 Å². The first kappa shape index (κ1) is 13.0. The molecule has 1 atom stereocenters. The normalized spacial score (nSPS) is 18.2. The second kappa shape index (κ2) is 5.97. The van der Waals surface area contributed by atoms with Gasteiger partial charge in [-0.1, -0.05) is 6.07 Å². The molecule has 5 nitrogen and oxygen atoms in total. The van der Waals surface area contributed by atoms with Crippen molar-refractivity contribution in [1.29, 1.82) is 0 Å². The van der Waals surface area contributed by atoms with Gasteiger partial charge in [-0.3, -0.25) is 14.5 Å². The molecule has 0 aromatic carbocycles. The van der Waals surface area contributed by atoms with Gasteiger partial charge < -0.3 is 10.6 Å². The quantitative estimate of drug-likeness (QED) is 0.818. The average Bonchev–Trinajstić information content (AvgIpc) is 2.88. The van der Waals surface area contributed by atoms with Crippen LogP contribution >= 0.6 is 11.3 Å². The summed E-state index contributed by atoms with van der Waals surface area (Å²) >= 11 is 1.62. The second-order valence-corrected chi connectivity index (χ2v) is 5.33. The van der Waals surface area contributed by atoms with E-state index < -0.39 is 0 Å². The zero-order valence-corrected chi connectivity index (χ0v) is 11.1. The molecule has 1 aromatic heterocycles. The highest BCUT2D eigenvalue weighted by Crippen LogP contribution is 2.08. The lowest BCUT2D eigenvalue weighted by molar-refractivity contribution is -0.130. The van der Waals surface area contributed by atoms with E-state index >= 15 is 0 Å². The molecule has 0 spiro atoms. The molecule has 0 radical (unpaired) electrons. The van der Waals surface area contributed by atoms with Crippen LogP contribution in [-0.2, 0) is 16.1 Å². The van der Waals surface area contributed by atoms with E-state index in [-0.39, 0.29) is 17.9 Å². The highest BCUT2D eigenvalue weighted by molar-refractivity contribution is 7.09. The molecule has 1 unspecified atom stereocenters. The molecule has 2 N–H and O–H groups in total. The van der Waals surface area contributed by atoms with Gasteiger partial charge in [0.05, 0.1) is 19.1 Å². The molecule has 2 rings (SSSR count). The molecule has 98 valence electrons. The van der Waals surface area contributed by atoms with Crippen LogP contribution in [0, 0.1) is 0 Å². The van der Waals surface area contributed by atoms with E-state index in [2.05, 4.69) is 10.6 Å². The predicted molar refractivity (Wildman–Crippen MR) is 70.2 cm³/mol. The van der Waals surface area contributed by atoms with Crippen molar-refractivity contribution in [2.24, 2.45) is 0 Å². The Hall–Kier alpha value is -1.40. The molecule has 1 aliphatic rings. The fourth-order valence-electron chi connectivity index (χ4n) is 1.89. The van der Waals surface area contributed by atoms with Gasteiger partial charge in [-0.25, -0.2) is 0 Å². The number of nitrogens with one attached hydrogen (secondary N) is 2. The molecule has 6 heteroatoms. The minimum absolute atomic E-state index is 0.0147. The Bertz CT molecular complexity index is 419. The number of hydrogen-bond acceptors (Lipinski definition) is 4. The highest BCUT2D eigenvalue weighted by atomic mass is 32.1. The Kier molecular flexibility index (Phi) is 4.33. The molecule has 18 heavy (non-hydrogen) atoms. The van der Waals surface area contributed by atoms with E-state index in [9.17, 15) is 9.59 Å². The van der Waals surface area contributed by atoms with Crippen molar-refractivity contribution in [2.75, 3.05) is 19.6 Å². The van der Waals surface area contributed by atoms with Crippen molar-refractivity contribution < 1.29 is 9.59 Å². The third-order valence-electron chi connectivity index (χ3n) is 3.01. The van der Waals surface area contributed by atoms with Gasteiger partial charge in [0.2, 0.25) is 11.8 Å². The van der Waals surface area contributed by atoms with Gasteiger partial charge in [0.15, 0.2) is 0 Å². The van der Waals surface area contributed by atoms with Gasteiger partial charge in [-0.05, 0) is 18.4 Å². The zero-order chi connectivity index (χ0) is 13.0. The van der Waals surface area contributed by atoms with Crippen molar-refractivity contribution in [3.63, 3.8) is 0 Å². The first-order chi connectivity index (χ1) is 8.66. The van der Waals surface area contributed by atoms with E-state index in [1.807, 2.05) is 29.3 Å². The molecule has 0 bridgehead atoms. The molecule has 1 fully saturated rings. The maximum absolute atomic E-state index is 12.0. The predicted octanol–water partition coefficient (Wildman–Crippen LogP) is 0.185. The van der Waals surface area contributed by atoms with E-state index in [4.69, 9.17) is 0 Å².